The van der Waals surface area contributed by atoms with Crippen molar-refractivity contribution in [2.45, 2.75) is 45.8 Å². The Morgan fingerprint density at radius 3 is 2.83 bits per heavy atom. The Hall–Kier alpha value is -3.65. The van der Waals surface area contributed by atoms with Gasteiger partial charge in [-0.05, 0) is 60.7 Å². The van der Waals surface area contributed by atoms with E-state index in [1.165, 1.54) is 16.2 Å². The third-order valence-electron chi connectivity index (χ3n) is 6.38. The summed E-state index contributed by atoms with van der Waals surface area (Å²) in [6.07, 6.45) is 3.25. The molecule has 0 unspecified atom stereocenters. The Labute approximate surface area is 214 Å². The largest absolute Gasteiger partial charge is 0.507 e. The standard InChI is InChI=1S/C28H28N2O5S/c1-16(2)9-11-34-21-6-4-5-18(15-21)24-23(26(32)27(33)30(24)28-29-10-12-36-28)25(31)19-7-8-22-20(14-19)13-17(3)35-22/h4-8,10,12,14-17,24,31H,9,11,13H2,1-3H3/b25-23+/t17-,24+/m0/s1. The van der Waals surface area contributed by atoms with Crippen molar-refractivity contribution in [1.29, 1.82) is 0 Å². The molecule has 7 nitrogen and oxygen atoms in total. The zero-order valence-corrected chi connectivity index (χ0v) is 21.2. The number of nitrogens with zero attached hydrogens (tertiary/aromatic N) is 2. The number of Topliss-reactive ketones (excluding diaryl/α,β-unsaturated/α-hetero) is 1. The van der Waals surface area contributed by atoms with Gasteiger partial charge in [-0.3, -0.25) is 14.5 Å². The van der Waals surface area contributed by atoms with E-state index in [4.69, 9.17) is 9.47 Å². The van der Waals surface area contributed by atoms with Crippen molar-refractivity contribution in [3.63, 3.8) is 0 Å². The van der Waals surface area contributed by atoms with Gasteiger partial charge in [0.25, 0.3) is 5.78 Å². The van der Waals surface area contributed by atoms with Crippen molar-refractivity contribution in [1.82, 2.24) is 4.98 Å². The maximum atomic E-state index is 13.3. The summed E-state index contributed by atoms with van der Waals surface area (Å²) in [5.41, 5.74) is 2.11. The second-order valence-electron chi connectivity index (χ2n) is 9.54. The van der Waals surface area contributed by atoms with E-state index in [9.17, 15) is 14.7 Å². The molecule has 2 aromatic carbocycles. The first-order chi connectivity index (χ1) is 17.3. The minimum atomic E-state index is -0.840. The second-order valence-corrected chi connectivity index (χ2v) is 10.4. The average molecular weight is 505 g/mol. The minimum absolute atomic E-state index is 0.0291. The fourth-order valence-corrected chi connectivity index (χ4v) is 5.26. The summed E-state index contributed by atoms with van der Waals surface area (Å²) in [4.78, 5) is 32.2. The number of carbonyl (C=O) groups is 2. The summed E-state index contributed by atoms with van der Waals surface area (Å²) in [6.45, 7) is 6.80. The topological polar surface area (TPSA) is 89.0 Å². The molecule has 8 heteroatoms. The number of aliphatic hydroxyl groups excluding tert-OH is 1. The molecule has 0 spiro atoms. The predicted molar refractivity (Wildman–Crippen MR) is 139 cm³/mol. The maximum Gasteiger partial charge on any atom is 0.301 e. The highest BCUT2D eigenvalue weighted by molar-refractivity contribution is 7.14. The fraction of sp³-hybridized carbons (Fsp3) is 0.321. The molecule has 5 rings (SSSR count). The number of ether oxygens (including phenoxy) is 2. The molecule has 1 aromatic heterocycles. The zero-order chi connectivity index (χ0) is 25.4. The molecule has 36 heavy (non-hydrogen) atoms. The first-order valence-corrected chi connectivity index (χ1v) is 12.9. The summed E-state index contributed by atoms with van der Waals surface area (Å²) >= 11 is 1.26. The second kappa shape index (κ2) is 9.78. The van der Waals surface area contributed by atoms with E-state index >= 15 is 0 Å². The molecular formula is C28H28N2O5S. The first-order valence-electron chi connectivity index (χ1n) is 12.1. The van der Waals surface area contributed by atoms with E-state index < -0.39 is 17.7 Å². The van der Waals surface area contributed by atoms with Gasteiger partial charge in [-0.25, -0.2) is 4.98 Å². The summed E-state index contributed by atoms with van der Waals surface area (Å²) in [5.74, 6) is 0.230. The van der Waals surface area contributed by atoms with Crippen molar-refractivity contribution in [3.8, 4) is 11.5 Å². The monoisotopic (exact) mass is 504 g/mol. The number of thiazole rings is 1. The summed E-state index contributed by atoms with van der Waals surface area (Å²) < 4.78 is 11.7. The molecule has 0 saturated carbocycles. The van der Waals surface area contributed by atoms with Crippen LogP contribution >= 0.6 is 11.3 Å². The lowest BCUT2D eigenvalue weighted by Gasteiger charge is -2.23. The number of rotatable bonds is 7. The number of aromatic nitrogens is 1. The molecule has 2 atom stereocenters. The lowest BCUT2D eigenvalue weighted by atomic mass is 9.94. The number of carbonyl (C=O) groups excluding carboxylic acids is 2. The predicted octanol–water partition coefficient (Wildman–Crippen LogP) is 5.52. The van der Waals surface area contributed by atoms with Crippen LogP contribution in [0.15, 0.2) is 59.6 Å². The fourth-order valence-electron chi connectivity index (χ4n) is 4.59. The van der Waals surface area contributed by atoms with Gasteiger partial charge in [0.2, 0.25) is 0 Å². The van der Waals surface area contributed by atoms with E-state index in [1.807, 2.05) is 37.3 Å². The van der Waals surface area contributed by atoms with Crippen LogP contribution < -0.4 is 14.4 Å². The van der Waals surface area contributed by atoms with E-state index in [-0.39, 0.29) is 17.4 Å². The third kappa shape index (κ3) is 4.48. The van der Waals surface area contributed by atoms with Crippen LogP contribution in [0.3, 0.4) is 0 Å². The molecule has 0 radical (unpaired) electrons. The molecule has 2 aliphatic rings. The van der Waals surface area contributed by atoms with Crippen molar-refractivity contribution in [3.05, 3.63) is 76.3 Å². The molecule has 186 valence electrons. The SMILES string of the molecule is CC(C)CCOc1cccc([C@@H]2/C(=C(\O)c3ccc4c(c3)C[C@H](C)O4)C(=O)C(=O)N2c2nccs2)c1. The number of hydrogen-bond acceptors (Lipinski definition) is 7. The highest BCUT2D eigenvalue weighted by Crippen LogP contribution is 2.44. The number of ketones is 1. The van der Waals surface area contributed by atoms with E-state index in [2.05, 4.69) is 18.8 Å². The van der Waals surface area contributed by atoms with E-state index in [1.54, 1.807) is 23.7 Å². The zero-order valence-electron chi connectivity index (χ0n) is 20.4. The van der Waals surface area contributed by atoms with Gasteiger partial charge in [0.1, 0.15) is 23.4 Å². The highest BCUT2D eigenvalue weighted by atomic mass is 32.1. The van der Waals surface area contributed by atoms with Crippen LogP contribution in [0.1, 0.15) is 49.9 Å². The van der Waals surface area contributed by atoms with Crippen LogP contribution in [0.2, 0.25) is 0 Å². The van der Waals surface area contributed by atoms with Gasteiger partial charge in [0, 0.05) is 23.6 Å². The summed E-state index contributed by atoms with van der Waals surface area (Å²) in [7, 11) is 0. The summed E-state index contributed by atoms with van der Waals surface area (Å²) in [5, 5.41) is 13.6. The molecule has 0 aliphatic carbocycles. The van der Waals surface area contributed by atoms with Gasteiger partial charge in [0.05, 0.1) is 18.2 Å². The average Bonchev–Trinajstić information content (AvgIpc) is 3.56. The molecule has 1 N–H and O–H groups in total. The highest BCUT2D eigenvalue weighted by Gasteiger charge is 2.48. The quantitative estimate of drug-likeness (QED) is 0.259. The minimum Gasteiger partial charge on any atom is -0.507 e. The Balaban J connectivity index is 1.59. The van der Waals surface area contributed by atoms with Gasteiger partial charge in [-0.1, -0.05) is 26.0 Å². The number of hydrogen-bond donors (Lipinski definition) is 1. The lowest BCUT2D eigenvalue weighted by molar-refractivity contribution is -0.132. The van der Waals surface area contributed by atoms with Gasteiger partial charge >= 0.3 is 5.91 Å². The number of anilines is 1. The van der Waals surface area contributed by atoms with Crippen LogP contribution in [0.4, 0.5) is 5.13 Å². The molecule has 0 bridgehead atoms. The Morgan fingerprint density at radius 1 is 1.25 bits per heavy atom. The molecule has 1 saturated heterocycles. The molecule has 3 aromatic rings. The smallest absolute Gasteiger partial charge is 0.301 e. The number of amides is 1. The van der Waals surface area contributed by atoms with Crippen LogP contribution in [0.25, 0.3) is 5.76 Å². The van der Waals surface area contributed by atoms with Gasteiger partial charge in [-0.15, -0.1) is 11.3 Å². The molecule has 1 amide bonds. The normalized spacial score (nSPS) is 20.6. The van der Waals surface area contributed by atoms with Crippen LogP contribution in [0.5, 0.6) is 11.5 Å². The van der Waals surface area contributed by atoms with Gasteiger partial charge < -0.3 is 14.6 Å². The molecule has 1 fully saturated rings. The third-order valence-corrected chi connectivity index (χ3v) is 7.15. The Bertz CT molecular complexity index is 1330. The van der Waals surface area contributed by atoms with Crippen molar-refractivity contribution in [2.24, 2.45) is 5.92 Å². The van der Waals surface area contributed by atoms with Crippen LogP contribution in [-0.4, -0.2) is 34.5 Å². The summed E-state index contributed by atoms with van der Waals surface area (Å²) in [6, 6.07) is 11.8. The molecule has 2 aliphatic heterocycles. The Morgan fingerprint density at radius 2 is 2.08 bits per heavy atom. The van der Waals surface area contributed by atoms with Crippen LogP contribution in [-0.2, 0) is 16.0 Å². The first kappa shape index (κ1) is 24.1. The van der Waals surface area contributed by atoms with Crippen molar-refractivity contribution in [2.75, 3.05) is 11.5 Å². The van der Waals surface area contributed by atoms with Crippen molar-refractivity contribution < 1.29 is 24.2 Å². The number of aliphatic hydroxyl groups is 1. The van der Waals surface area contributed by atoms with Gasteiger partial charge in [-0.2, -0.15) is 0 Å². The molecule has 3 heterocycles. The molecular weight excluding hydrogens is 476 g/mol. The number of fused-ring (bicyclic) bond motifs is 1. The maximum absolute atomic E-state index is 13.3. The number of benzene rings is 2. The van der Waals surface area contributed by atoms with Gasteiger partial charge in [0.15, 0.2) is 5.13 Å². The Kier molecular flexibility index (Phi) is 6.53. The van der Waals surface area contributed by atoms with Crippen LogP contribution in [0, 0.1) is 5.92 Å². The van der Waals surface area contributed by atoms with Crippen molar-refractivity contribution >= 4 is 33.9 Å². The lowest BCUT2D eigenvalue weighted by Crippen LogP contribution is -2.29. The van der Waals surface area contributed by atoms with E-state index in [0.29, 0.717) is 41.0 Å². The van der Waals surface area contributed by atoms with E-state index in [0.717, 1.165) is 17.7 Å².